The van der Waals surface area contributed by atoms with Crippen LogP contribution in [0.5, 0.6) is 0 Å². The first-order valence-corrected chi connectivity index (χ1v) is 9.39. The Morgan fingerprint density at radius 2 is 1.78 bits per heavy atom. The monoisotopic (exact) mass is 424 g/mol. The van der Waals surface area contributed by atoms with Gasteiger partial charge < -0.3 is 0 Å². The molecule has 1 aromatic carbocycles. The molecule has 1 aromatic heterocycles. The second-order valence-electron chi connectivity index (χ2n) is 4.36. The van der Waals surface area contributed by atoms with Gasteiger partial charge in [-0.15, -0.1) is 0 Å². The molecule has 0 aliphatic heterocycles. The number of benzene rings is 1. The van der Waals surface area contributed by atoms with Gasteiger partial charge in [0.1, 0.15) is 10.6 Å². The van der Waals surface area contributed by atoms with Gasteiger partial charge in [-0.1, -0.05) is 34.8 Å². The molecule has 12 heteroatoms. The van der Waals surface area contributed by atoms with Gasteiger partial charge in [-0.05, 0) is 23.7 Å². The highest BCUT2D eigenvalue weighted by atomic mass is 35.5. The Kier molecular flexibility index (Phi) is 5.08. The van der Waals surface area contributed by atoms with E-state index in [0.29, 0.717) is 0 Å². The van der Waals surface area contributed by atoms with Gasteiger partial charge in [-0.25, -0.2) is 8.42 Å². The molecular weight excluding hydrogens is 420 g/mol. The zero-order chi connectivity index (χ0) is 17.6. The molecular formula is C11H6Cl3F3N2O2S2. The number of hydrogen-bond donors (Lipinski definition) is 1. The number of aromatic nitrogens is 1. The van der Waals surface area contributed by atoms with E-state index in [1.165, 1.54) is 12.1 Å². The Hall–Kier alpha value is -0.740. The summed E-state index contributed by atoms with van der Waals surface area (Å²) in [5, 5.41) is -0.654. The van der Waals surface area contributed by atoms with Crippen LogP contribution in [0.1, 0.15) is 4.88 Å². The molecule has 0 spiro atoms. The van der Waals surface area contributed by atoms with Crippen molar-refractivity contribution in [2.45, 2.75) is 6.18 Å². The van der Waals surface area contributed by atoms with E-state index < -0.39 is 26.1 Å². The molecule has 2 aromatic rings. The van der Waals surface area contributed by atoms with Gasteiger partial charge in [0, 0.05) is 5.56 Å². The van der Waals surface area contributed by atoms with Crippen molar-refractivity contribution in [3.8, 4) is 11.3 Å². The Morgan fingerprint density at radius 1 is 1.17 bits per heavy atom. The second kappa shape index (κ2) is 6.29. The number of anilines is 1. The van der Waals surface area contributed by atoms with Crippen LogP contribution in [-0.2, 0) is 16.2 Å². The lowest BCUT2D eigenvalue weighted by molar-refractivity contribution is -0.134. The molecule has 0 atom stereocenters. The molecule has 0 aliphatic rings. The van der Waals surface area contributed by atoms with Gasteiger partial charge in [0.15, 0.2) is 0 Å². The molecule has 1 N–H and O–H groups in total. The molecule has 0 aliphatic carbocycles. The van der Waals surface area contributed by atoms with Gasteiger partial charge in [-0.3, -0.25) is 4.72 Å². The summed E-state index contributed by atoms with van der Waals surface area (Å²) >= 11 is 17.7. The lowest BCUT2D eigenvalue weighted by Crippen LogP contribution is -2.10. The third-order valence-electron chi connectivity index (χ3n) is 2.50. The topological polar surface area (TPSA) is 59.1 Å². The zero-order valence-corrected chi connectivity index (χ0v) is 14.9. The summed E-state index contributed by atoms with van der Waals surface area (Å²) in [6.07, 6.45) is -3.76. The van der Waals surface area contributed by atoms with E-state index in [1.807, 2.05) is 0 Å². The Labute approximate surface area is 148 Å². The molecule has 0 saturated heterocycles. The van der Waals surface area contributed by atoms with E-state index in [4.69, 9.17) is 34.8 Å². The molecule has 0 bridgehead atoms. The van der Waals surface area contributed by atoms with Gasteiger partial charge >= 0.3 is 6.18 Å². The molecule has 126 valence electrons. The van der Waals surface area contributed by atoms with Crippen LogP contribution in [0, 0.1) is 0 Å². The van der Waals surface area contributed by atoms with Gasteiger partial charge in [0.25, 0.3) is 0 Å². The summed E-state index contributed by atoms with van der Waals surface area (Å²) in [5.41, 5.74) is -0.229. The lowest BCUT2D eigenvalue weighted by atomic mass is 10.1. The minimum Gasteiger partial charge on any atom is -0.282 e. The van der Waals surface area contributed by atoms with Crippen LogP contribution in [0.15, 0.2) is 12.1 Å². The maximum Gasteiger partial charge on any atom is 0.428 e. The SMILES string of the molecule is CS(=O)(=O)Nc1cc(-c2nsc(C(F)(F)F)c2Cl)c(Cl)cc1Cl. The minimum atomic E-state index is -4.65. The van der Waals surface area contributed by atoms with Crippen LogP contribution in [0.4, 0.5) is 18.9 Å². The number of rotatable bonds is 3. The first-order valence-electron chi connectivity index (χ1n) is 5.59. The Balaban J connectivity index is 2.61. The predicted molar refractivity (Wildman–Crippen MR) is 86.0 cm³/mol. The first-order chi connectivity index (χ1) is 10.4. The molecule has 4 nitrogen and oxygen atoms in total. The highest BCUT2D eigenvalue weighted by Gasteiger charge is 2.37. The minimum absolute atomic E-state index is 0.0185. The van der Waals surface area contributed by atoms with E-state index in [1.54, 1.807) is 0 Å². The fourth-order valence-electron chi connectivity index (χ4n) is 1.63. The number of hydrogen-bond acceptors (Lipinski definition) is 4. The molecule has 23 heavy (non-hydrogen) atoms. The fourth-order valence-corrected chi connectivity index (χ4v) is 3.83. The van der Waals surface area contributed by atoms with E-state index in [-0.39, 0.29) is 38.5 Å². The molecule has 0 amide bonds. The standard InChI is InChI=1S/C11H6Cl3F3N2O2S2/c1-23(20,21)19-7-2-4(5(12)3-6(7)13)9-8(14)10(22-18-9)11(15,16)17/h2-3,19H,1H3. The second-order valence-corrected chi connectivity index (χ2v) is 8.07. The van der Waals surface area contributed by atoms with E-state index in [0.717, 1.165) is 6.26 Å². The Bertz CT molecular complexity index is 866. The number of nitrogens with zero attached hydrogens (tertiary/aromatic N) is 1. The summed E-state index contributed by atoms with van der Waals surface area (Å²) in [6.45, 7) is 0. The zero-order valence-electron chi connectivity index (χ0n) is 11.0. The summed E-state index contributed by atoms with van der Waals surface area (Å²) in [7, 11) is -3.65. The summed E-state index contributed by atoms with van der Waals surface area (Å²) in [5.74, 6) is 0. The largest absolute Gasteiger partial charge is 0.428 e. The van der Waals surface area contributed by atoms with Crippen LogP contribution >= 0.6 is 46.3 Å². The Morgan fingerprint density at radius 3 is 2.26 bits per heavy atom. The van der Waals surface area contributed by atoms with E-state index in [2.05, 4.69) is 9.10 Å². The van der Waals surface area contributed by atoms with Gasteiger partial charge in [0.2, 0.25) is 10.0 Å². The van der Waals surface area contributed by atoms with Crippen molar-refractivity contribution in [3.63, 3.8) is 0 Å². The third-order valence-corrected chi connectivity index (χ3v) is 5.09. The third kappa shape index (κ3) is 4.21. The maximum atomic E-state index is 12.8. The van der Waals surface area contributed by atoms with Crippen LogP contribution < -0.4 is 4.72 Å². The van der Waals surface area contributed by atoms with Crippen molar-refractivity contribution < 1.29 is 21.6 Å². The summed E-state index contributed by atoms with van der Waals surface area (Å²) in [6, 6.07) is 2.36. The van der Waals surface area contributed by atoms with Crippen LogP contribution in [0.3, 0.4) is 0 Å². The van der Waals surface area contributed by atoms with E-state index >= 15 is 0 Å². The van der Waals surface area contributed by atoms with Gasteiger partial charge in [0.05, 0.1) is 27.0 Å². The van der Waals surface area contributed by atoms with Crippen molar-refractivity contribution >= 4 is 62.0 Å². The molecule has 0 saturated carbocycles. The first kappa shape index (κ1) is 18.6. The number of halogens is 6. The number of nitrogens with one attached hydrogen (secondary N) is 1. The summed E-state index contributed by atoms with van der Waals surface area (Å²) in [4.78, 5) is -1.07. The van der Waals surface area contributed by atoms with E-state index in [9.17, 15) is 21.6 Å². The average molecular weight is 426 g/mol. The highest BCUT2D eigenvalue weighted by Crippen LogP contribution is 2.45. The molecule has 0 fully saturated rings. The molecule has 1 heterocycles. The smallest absolute Gasteiger partial charge is 0.282 e. The quantitative estimate of drug-likeness (QED) is 0.739. The average Bonchev–Trinajstić information content (AvgIpc) is 2.73. The predicted octanol–water partition coefficient (Wildman–Crippen LogP) is 5.16. The van der Waals surface area contributed by atoms with Crippen LogP contribution in [-0.4, -0.2) is 19.0 Å². The maximum absolute atomic E-state index is 12.8. The van der Waals surface area contributed by atoms with Crippen LogP contribution in [0.2, 0.25) is 15.1 Å². The van der Waals surface area contributed by atoms with Crippen molar-refractivity contribution in [2.24, 2.45) is 0 Å². The summed E-state index contributed by atoms with van der Waals surface area (Å²) < 4.78 is 66.7. The molecule has 2 rings (SSSR count). The number of alkyl halides is 3. The molecule has 0 radical (unpaired) electrons. The van der Waals surface area contributed by atoms with Gasteiger partial charge in [-0.2, -0.15) is 17.5 Å². The normalized spacial score (nSPS) is 12.5. The number of sulfonamides is 1. The molecule has 0 unspecified atom stereocenters. The highest BCUT2D eigenvalue weighted by molar-refractivity contribution is 7.92. The van der Waals surface area contributed by atoms with Crippen molar-refractivity contribution in [2.75, 3.05) is 11.0 Å². The lowest BCUT2D eigenvalue weighted by Gasteiger charge is -2.10. The van der Waals surface area contributed by atoms with Crippen LogP contribution in [0.25, 0.3) is 11.3 Å². The van der Waals surface area contributed by atoms with Crippen molar-refractivity contribution in [1.29, 1.82) is 0 Å². The van der Waals surface area contributed by atoms with Crippen molar-refractivity contribution in [1.82, 2.24) is 4.37 Å². The fraction of sp³-hybridized carbons (Fsp3) is 0.182. The van der Waals surface area contributed by atoms with Crippen molar-refractivity contribution in [3.05, 3.63) is 32.1 Å².